The summed E-state index contributed by atoms with van der Waals surface area (Å²) in [7, 11) is 3.04. The first kappa shape index (κ1) is 40.1. The summed E-state index contributed by atoms with van der Waals surface area (Å²) < 4.78 is 27.2. The van der Waals surface area contributed by atoms with E-state index in [1.54, 1.807) is 30.5 Å². The van der Waals surface area contributed by atoms with Crippen molar-refractivity contribution in [3.63, 3.8) is 0 Å². The first-order valence-corrected chi connectivity index (χ1v) is 19.0. The molecule has 2 aliphatic rings. The molecule has 0 aliphatic carbocycles. The minimum Gasteiger partial charge on any atom is -0.496 e. The number of piperidine rings is 2. The van der Waals surface area contributed by atoms with E-state index in [0.29, 0.717) is 72.9 Å². The number of likely N-dealkylation sites (tertiary alicyclic amines) is 2. The highest BCUT2D eigenvalue weighted by molar-refractivity contribution is 6.04. The van der Waals surface area contributed by atoms with E-state index in [4.69, 9.17) is 9.47 Å². The Morgan fingerprint density at radius 1 is 0.804 bits per heavy atom. The maximum atomic E-state index is 15.9. The molecule has 2 fully saturated rings. The van der Waals surface area contributed by atoms with Gasteiger partial charge in [-0.1, -0.05) is 55.3 Å². The molecule has 3 N–H and O–H groups in total. The third-order valence-electron chi connectivity index (χ3n) is 11.0. The van der Waals surface area contributed by atoms with Crippen molar-refractivity contribution < 1.29 is 38.5 Å². The third kappa shape index (κ3) is 8.93. The highest BCUT2D eigenvalue weighted by Crippen LogP contribution is 2.35. The molecule has 4 aromatic rings. The molecule has 3 heterocycles. The molecule has 12 heteroatoms. The number of aliphatic carboxylic acids is 2. The highest BCUT2D eigenvalue weighted by atomic mass is 19.1. The second kappa shape index (κ2) is 17.9. The predicted octanol–water partition coefficient (Wildman–Crippen LogP) is 7.98. The van der Waals surface area contributed by atoms with Crippen molar-refractivity contribution in [1.29, 1.82) is 0 Å². The van der Waals surface area contributed by atoms with Crippen molar-refractivity contribution in [3.05, 3.63) is 106 Å². The summed E-state index contributed by atoms with van der Waals surface area (Å²) in [5.74, 6) is -1.59. The topological polar surface area (TPSA) is 142 Å². The van der Waals surface area contributed by atoms with Gasteiger partial charge in [-0.15, -0.1) is 0 Å². The van der Waals surface area contributed by atoms with Crippen LogP contribution >= 0.6 is 0 Å². The van der Waals surface area contributed by atoms with Crippen molar-refractivity contribution >= 4 is 35.4 Å². The summed E-state index contributed by atoms with van der Waals surface area (Å²) >= 11 is 0. The van der Waals surface area contributed by atoms with Crippen LogP contribution in [-0.2, 0) is 22.7 Å². The van der Waals surface area contributed by atoms with Crippen LogP contribution in [0.2, 0.25) is 0 Å². The maximum absolute atomic E-state index is 15.9. The monoisotopic (exact) mass is 764 g/mol. The van der Waals surface area contributed by atoms with Gasteiger partial charge >= 0.3 is 11.9 Å². The van der Waals surface area contributed by atoms with Crippen LogP contribution in [0.3, 0.4) is 0 Å². The number of carbonyl (C=O) groups excluding carboxylic acids is 1. The van der Waals surface area contributed by atoms with E-state index in [1.807, 2.05) is 60.0 Å². The van der Waals surface area contributed by atoms with Crippen LogP contribution in [0, 0.1) is 13.8 Å². The molecule has 0 radical (unpaired) electrons. The average Bonchev–Trinajstić information content (AvgIpc) is 3.20. The molecule has 0 bridgehead atoms. The molecule has 2 atom stereocenters. The smallest absolute Gasteiger partial charge is 0.320 e. The quantitative estimate of drug-likeness (QED) is 0.115. The first-order chi connectivity index (χ1) is 27.0. The van der Waals surface area contributed by atoms with Crippen molar-refractivity contribution in [2.45, 2.75) is 77.5 Å². The molecule has 11 nitrogen and oxygen atoms in total. The molecule has 2 aliphatic heterocycles. The summed E-state index contributed by atoms with van der Waals surface area (Å²) in [6, 6.07) is 16.9. The van der Waals surface area contributed by atoms with Gasteiger partial charge < -0.3 is 25.0 Å². The fourth-order valence-electron chi connectivity index (χ4n) is 7.85. The Morgan fingerprint density at radius 2 is 1.39 bits per heavy atom. The molecule has 56 heavy (non-hydrogen) atoms. The van der Waals surface area contributed by atoms with Gasteiger partial charge in [0, 0.05) is 47.7 Å². The Hall–Kier alpha value is -5.59. The van der Waals surface area contributed by atoms with E-state index in [2.05, 4.69) is 10.3 Å². The van der Waals surface area contributed by atoms with Crippen molar-refractivity contribution in [2.24, 2.45) is 0 Å². The second-order valence-electron chi connectivity index (χ2n) is 14.5. The number of benzene rings is 3. The number of nitrogens with zero attached hydrogens (tertiary/aromatic N) is 3. The number of carboxylic acids is 2. The molecule has 3 aromatic carbocycles. The number of anilines is 1. The van der Waals surface area contributed by atoms with Gasteiger partial charge in [-0.2, -0.15) is 0 Å². The summed E-state index contributed by atoms with van der Waals surface area (Å²) in [4.78, 5) is 45.4. The Bertz CT molecular complexity index is 2140. The lowest BCUT2D eigenvalue weighted by atomic mass is 9.92. The van der Waals surface area contributed by atoms with Gasteiger partial charge in [0.2, 0.25) is 0 Å². The lowest BCUT2D eigenvalue weighted by Crippen LogP contribution is -2.44. The number of carbonyl (C=O) groups is 3. The average molecular weight is 765 g/mol. The zero-order chi connectivity index (χ0) is 39.9. The number of hydrogen-bond donors (Lipinski definition) is 3. The number of methoxy groups -OCH3 is 2. The van der Waals surface area contributed by atoms with Gasteiger partial charge in [0.15, 0.2) is 0 Å². The molecule has 294 valence electrons. The molecule has 2 saturated heterocycles. The van der Waals surface area contributed by atoms with Gasteiger partial charge in [0.25, 0.3) is 5.91 Å². The van der Waals surface area contributed by atoms with Crippen LogP contribution in [0.15, 0.2) is 66.9 Å². The molecule has 0 saturated carbocycles. The number of nitrogens with one attached hydrogen (secondary N) is 1. The van der Waals surface area contributed by atoms with Crippen LogP contribution in [-0.4, -0.2) is 82.2 Å². The molecular formula is C44H49FN4O7. The number of aromatic nitrogens is 1. The number of pyridine rings is 1. The molecule has 1 aromatic heterocycles. The zero-order valence-electron chi connectivity index (χ0n) is 32.3. The maximum Gasteiger partial charge on any atom is 0.320 e. The van der Waals surface area contributed by atoms with Crippen LogP contribution in [0.5, 0.6) is 11.5 Å². The minimum atomic E-state index is -0.846. The minimum absolute atomic E-state index is 0.156. The zero-order valence-corrected chi connectivity index (χ0v) is 32.3. The number of ether oxygens (including phenoxy) is 2. The summed E-state index contributed by atoms with van der Waals surface area (Å²) in [5.41, 5.74) is 6.70. The summed E-state index contributed by atoms with van der Waals surface area (Å²) in [5, 5.41) is 22.4. The van der Waals surface area contributed by atoms with E-state index in [0.717, 1.165) is 53.5 Å². The number of halogens is 1. The lowest BCUT2D eigenvalue weighted by Gasteiger charge is -2.33. The lowest BCUT2D eigenvalue weighted by molar-refractivity contribution is -0.145. The Balaban J connectivity index is 1.19. The molecule has 6 rings (SSSR count). The Morgan fingerprint density at radius 3 is 2.02 bits per heavy atom. The number of amides is 1. The van der Waals surface area contributed by atoms with Crippen LogP contribution in [0.1, 0.15) is 82.4 Å². The summed E-state index contributed by atoms with van der Waals surface area (Å²) in [6.45, 7) is 5.94. The van der Waals surface area contributed by atoms with E-state index < -0.39 is 35.8 Å². The van der Waals surface area contributed by atoms with E-state index in [1.165, 1.54) is 20.3 Å². The Labute approximate surface area is 326 Å². The van der Waals surface area contributed by atoms with Crippen LogP contribution in [0.25, 0.3) is 23.0 Å². The molecule has 1 amide bonds. The fourth-order valence-corrected chi connectivity index (χ4v) is 7.85. The van der Waals surface area contributed by atoms with Crippen LogP contribution in [0.4, 0.5) is 10.1 Å². The molecule has 0 unspecified atom stereocenters. The Kier molecular flexibility index (Phi) is 12.8. The normalized spacial score (nSPS) is 18.0. The second-order valence-corrected chi connectivity index (χ2v) is 14.5. The largest absolute Gasteiger partial charge is 0.496 e. The van der Waals surface area contributed by atoms with E-state index in [-0.39, 0.29) is 5.69 Å². The molecule has 0 spiro atoms. The van der Waals surface area contributed by atoms with Crippen molar-refractivity contribution in [1.82, 2.24) is 14.8 Å². The number of rotatable bonds is 13. The fraction of sp³-hybridized carbons (Fsp3) is 0.364. The van der Waals surface area contributed by atoms with E-state index >= 15 is 4.39 Å². The van der Waals surface area contributed by atoms with Gasteiger partial charge in [-0.25, -0.2) is 4.39 Å². The first-order valence-electron chi connectivity index (χ1n) is 19.0. The SMILES string of the molecule is COc1cc(/C(F)=C/c2cccc(-c3cccc(NC(=O)c4cc(OC)c(CN5CCCC[C@H]5C(=O)O)cn4)c3C)c2C)ccc1CN1CCCC[C@H]1C(=O)O. The van der Waals surface area contributed by atoms with Gasteiger partial charge in [0.05, 0.1) is 14.2 Å². The highest BCUT2D eigenvalue weighted by Gasteiger charge is 2.30. The predicted molar refractivity (Wildman–Crippen MR) is 213 cm³/mol. The number of carboxylic acid groups (broad SMARTS) is 2. The summed E-state index contributed by atoms with van der Waals surface area (Å²) in [6.07, 6.45) is 7.85. The van der Waals surface area contributed by atoms with Crippen LogP contribution < -0.4 is 14.8 Å². The molecular weight excluding hydrogens is 716 g/mol. The third-order valence-corrected chi connectivity index (χ3v) is 11.0. The van der Waals surface area contributed by atoms with Crippen molar-refractivity contribution in [3.8, 4) is 22.6 Å². The van der Waals surface area contributed by atoms with Gasteiger partial charge in [0.1, 0.15) is 35.1 Å². The van der Waals surface area contributed by atoms with E-state index in [9.17, 15) is 24.6 Å². The van der Waals surface area contributed by atoms with Gasteiger partial charge in [-0.3, -0.25) is 29.2 Å². The van der Waals surface area contributed by atoms with Gasteiger partial charge in [-0.05, 0) is 98.6 Å². The number of hydrogen-bond acceptors (Lipinski definition) is 8. The standard InChI is InChI=1S/C44H49FN4O7/c1-27-29(21-35(45)30-17-18-31(40(22-30)55-3)25-48-19-7-5-15-38(48)43(51)52)11-9-12-33(27)34-13-10-14-36(28(34)2)47-42(50)37-23-41(56-4)32(24-46-37)26-49-20-8-6-16-39(49)44(53)54/h9-14,17-18,21-24,38-39H,5-8,15-16,19-20,25-26H2,1-4H3,(H,47,50)(H,51,52)(H,53,54)/b35-21-/t38-,39-/m0/s1. The van der Waals surface area contributed by atoms with Crippen molar-refractivity contribution in [2.75, 3.05) is 32.6 Å².